The van der Waals surface area contributed by atoms with Crippen LogP contribution >= 0.6 is 15.6 Å². The van der Waals surface area contributed by atoms with Gasteiger partial charge in [0.1, 0.15) is 6.10 Å². The van der Waals surface area contributed by atoms with Crippen LogP contribution in [0, 0.1) is 0 Å². The van der Waals surface area contributed by atoms with Crippen molar-refractivity contribution in [3.63, 3.8) is 0 Å². The molecule has 5 N–H and O–H groups in total. The Bertz CT molecular complexity index is 797. The summed E-state index contributed by atoms with van der Waals surface area (Å²) >= 11 is 0. The van der Waals surface area contributed by atoms with E-state index in [4.69, 9.17) is 19.4 Å². The Morgan fingerprint density at radius 2 is 2.00 bits per heavy atom. The van der Waals surface area contributed by atoms with E-state index in [0.717, 1.165) is 16.8 Å². The number of aromatic amines is 1. The largest absolute Gasteiger partial charge is 0.481 e. The number of phosphoric acid groups is 2. The molecular weight excluding hydrogens is 374 g/mol. The van der Waals surface area contributed by atoms with Crippen LogP contribution in [0.3, 0.4) is 0 Å². The predicted molar refractivity (Wildman–Crippen MR) is 74.8 cm³/mol. The SMILES string of the molecule is O=c1ccn([C@@H]2O[C@H](COP(=O)(O)OP(=O)(O)O)C[C@H]2O)c(=O)[nH]1. The molecule has 1 fully saturated rings. The molecule has 2 rings (SSSR count). The van der Waals surface area contributed by atoms with Crippen molar-refractivity contribution in [1.29, 1.82) is 0 Å². The fourth-order valence-electron chi connectivity index (χ4n) is 2.05. The minimum Gasteiger partial charge on any atom is -0.388 e. The summed E-state index contributed by atoms with van der Waals surface area (Å²) in [4.78, 5) is 50.7. The van der Waals surface area contributed by atoms with E-state index in [1.165, 1.54) is 0 Å². The van der Waals surface area contributed by atoms with Crippen LogP contribution in [0.1, 0.15) is 12.6 Å². The van der Waals surface area contributed by atoms with Crippen molar-refractivity contribution in [2.75, 3.05) is 6.61 Å². The molecule has 15 heteroatoms. The maximum Gasteiger partial charge on any atom is 0.481 e. The number of hydrogen-bond donors (Lipinski definition) is 5. The van der Waals surface area contributed by atoms with Gasteiger partial charge in [-0.25, -0.2) is 13.9 Å². The Kier molecular flexibility index (Phi) is 5.60. The molecule has 1 saturated heterocycles. The Hall–Kier alpha value is -1.14. The van der Waals surface area contributed by atoms with Crippen molar-refractivity contribution in [3.05, 3.63) is 33.1 Å². The number of ether oxygens (including phenoxy) is 1. The molecule has 0 saturated carbocycles. The highest BCUT2D eigenvalue weighted by Crippen LogP contribution is 2.57. The van der Waals surface area contributed by atoms with Crippen molar-refractivity contribution in [2.24, 2.45) is 0 Å². The molecule has 1 aromatic heterocycles. The summed E-state index contributed by atoms with van der Waals surface area (Å²) < 4.78 is 36.0. The first-order chi connectivity index (χ1) is 11.0. The van der Waals surface area contributed by atoms with Gasteiger partial charge in [0.25, 0.3) is 5.56 Å². The lowest BCUT2D eigenvalue weighted by Gasteiger charge is -2.18. The first-order valence-corrected chi connectivity index (χ1v) is 9.39. The number of nitrogens with zero attached hydrogens (tertiary/aromatic N) is 1. The summed E-state index contributed by atoms with van der Waals surface area (Å²) in [6.45, 7) is -0.639. The summed E-state index contributed by atoms with van der Waals surface area (Å²) in [5, 5.41) is 9.90. The first-order valence-electron chi connectivity index (χ1n) is 6.36. The van der Waals surface area contributed by atoms with Crippen LogP contribution in [-0.2, 0) is 22.7 Å². The number of aliphatic hydroxyl groups excluding tert-OH is 1. The second kappa shape index (κ2) is 7.00. The van der Waals surface area contributed by atoms with Crippen molar-refractivity contribution < 1.29 is 42.5 Å². The second-order valence-electron chi connectivity index (χ2n) is 4.81. The van der Waals surface area contributed by atoms with Crippen molar-refractivity contribution >= 4 is 15.6 Å². The van der Waals surface area contributed by atoms with Crippen LogP contribution in [0.15, 0.2) is 21.9 Å². The second-order valence-corrected chi connectivity index (χ2v) is 7.64. The number of aromatic nitrogens is 2. The maximum absolute atomic E-state index is 11.6. The lowest BCUT2D eigenvalue weighted by atomic mass is 10.2. The summed E-state index contributed by atoms with van der Waals surface area (Å²) in [5.41, 5.74) is -1.47. The summed E-state index contributed by atoms with van der Waals surface area (Å²) in [7, 11) is -10.3. The summed E-state index contributed by atoms with van der Waals surface area (Å²) in [5.74, 6) is 0. The number of rotatable bonds is 6. The van der Waals surface area contributed by atoms with E-state index >= 15 is 0 Å². The predicted octanol–water partition coefficient (Wildman–Crippen LogP) is -1.59. The lowest BCUT2D eigenvalue weighted by molar-refractivity contribution is -0.0524. The third kappa shape index (κ3) is 5.18. The summed E-state index contributed by atoms with van der Waals surface area (Å²) in [6, 6.07) is 1.04. The maximum atomic E-state index is 11.6. The highest BCUT2D eigenvalue weighted by molar-refractivity contribution is 7.60. The van der Waals surface area contributed by atoms with Gasteiger partial charge in [-0.05, 0) is 0 Å². The van der Waals surface area contributed by atoms with Crippen LogP contribution in [-0.4, -0.2) is 48.2 Å². The van der Waals surface area contributed by atoms with E-state index in [1.807, 2.05) is 4.98 Å². The van der Waals surface area contributed by atoms with E-state index < -0.39 is 51.9 Å². The van der Waals surface area contributed by atoms with E-state index in [0.29, 0.717) is 0 Å². The highest BCUT2D eigenvalue weighted by atomic mass is 31.3. The molecule has 1 aliphatic heterocycles. The van der Waals surface area contributed by atoms with Crippen LogP contribution < -0.4 is 11.2 Å². The fraction of sp³-hybridized carbons (Fsp3) is 0.556. The van der Waals surface area contributed by atoms with Gasteiger partial charge in [-0.1, -0.05) is 0 Å². The number of phosphoric ester groups is 1. The van der Waals surface area contributed by atoms with E-state index in [9.17, 15) is 23.8 Å². The van der Waals surface area contributed by atoms with Crippen molar-refractivity contribution in [3.8, 4) is 0 Å². The molecule has 0 spiro atoms. The molecular formula is C9H14N2O11P2. The van der Waals surface area contributed by atoms with Crippen molar-refractivity contribution in [1.82, 2.24) is 9.55 Å². The topological polar surface area (TPSA) is 198 Å². The Labute approximate surface area is 133 Å². The molecule has 1 aliphatic rings. The lowest BCUT2D eigenvalue weighted by Crippen LogP contribution is -2.34. The van der Waals surface area contributed by atoms with Crippen LogP contribution in [0.4, 0.5) is 0 Å². The zero-order valence-electron chi connectivity index (χ0n) is 11.8. The van der Waals surface area contributed by atoms with Crippen molar-refractivity contribution in [2.45, 2.75) is 24.9 Å². The van der Waals surface area contributed by atoms with Gasteiger partial charge < -0.3 is 24.5 Å². The molecule has 2 heterocycles. The number of hydrogen-bond acceptors (Lipinski definition) is 8. The average Bonchev–Trinajstić information content (AvgIpc) is 2.75. The Morgan fingerprint density at radius 3 is 2.58 bits per heavy atom. The van der Waals surface area contributed by atoms with Gasteiger partial charge in [0.2, 0.25) is 0 Å². The normalized spacial score (nSPS) is 27.1. The van der Waals surface area contributed by atoms with E-state index in [1.54, 1.807) is 0 Å². The zero-order valence-corrected chi connectivity index (χ0v) is 13.6. The molecule has 24 heavy (non-hydrogen) atoms. The Morgan fingerprint density at radius 1 is 1.33 bits per heavy atom. The third-order valence-electron chi connectivity index (χ3n) is 2.92. The van der Waals surface area contributed by atoms with Gasteiger partial charge in [0.05, 0.1) is 12.7 Å². The van der Waals surface area contributed by atoms with Gasteiger partial charge in [-0.15, -0.1) is 0 Å². The zero-order chi connectivity index (χ0) is 18.1. The number of aliphatic hydroxyl groups is 1. The van der Waals surface area contributed by atoms with Gasteiger partial charge in [0.15, 0.2) is 6.23 Å². The van der Waals surface area contributed by atoms with Gasteiger partial charge in [-0.2, -0.15) is 4.31 Å². The molecule has 0 aromatic carbocycles. The van der Waals surface area contributed by atoms with E-state index in [2.05, 4.69) is 8.83 Å². The molecule has 1 aromatic rings. The first kappa shape index (κ1) is 19.2. The number of nitrogens with one attached hydrogen (secondary N) is 1. The third-order valence-corrected chi connectivity index (χ3v) is 5.08. The minimum absolute atomic E-state index is 0.105. The number of H-pyrrole nitrogens is 1. The minimum atomic E-state index is -5.24. The molecule has 136 valence electrons. The standard InChI is InChI=1S/C9H14N2O11P2/c12-6-3-5(4-20-24(18,19)22-23(15,16)17)21-8(6)11-2-1-7(13)10-9(11)14/h1-2,5-6,8,12H,3-4H2,(H,18,19)(H,10,13,14)(H2,15,16,17)/t5-,6+,8+/m0/s1. The van der Waals surface area contributed by atoms with E-state index in [-0.39, 0.29) is 6.42 Å². The molecule has 0 amide bonds. The van der Waals surface area contributed by atoms with Crippen LogP contribution in [0.2, 0.25) is 0 Å². The molecule has 0 radical (unpaired) electrons. The van der Waals surface area contributed by atoms with Gasteiger partial charge in [0, 0.05) is 18.7 Å². The summed E-state index contributed by atoms with van der Waals surface area (Å²) in [6.07, 6.45) is -2.34. The van der Waals surface area contributed by atoms with Gasteiger partial charge in [-0.3, -0.25) is 18.9 Å². The molecule has 1 unspecified atom stereocenters. The Balaban J connectivity index is 2.01. The highest BCUT2D eigenvalue weighted by Gasteiger charge is 2.39. The molecule has 0 bridgehead atoms. The smallest absolute Gasteiger partial charge is 0.388 e. The van der Waals surface area contributed by atoms with Gasteiger partial charge >= 0.3 is 21.3 Å². The van der Waals surface area contributed by atoms with Crippen LogP contribution in [0.5, 0.6) is 0 Å². The average molecular weight is 388 g/mol. The quantitative estimate of drug-likeness (QED) is 0.352. The molecule has 13 nitrogen and oxygen atoms in total. The van der Waals surface area contributed by atoms with Crippen LogP contribution in [0.25, 0.3) is 0 Å². The molecule has 4 atom stereocenters. The monoisotopic (exact) mass is 388 g/mol. The molecule has 0 aliphatic carbocycles. The fourth-order valence-corrected chi connectivity index (χ4v) is 3.67.